The Morgan fingerprint density at radius 2 is 1.82 bits per heavy atom. The molecular weight excluding hydrogens is 210 g/mol. The van der Waals surface area contributed by atoms with Crippen molar-refractivity contribution in [2.45, 2.75) is 44.7 Å². The average Bonchev–Trinajstić information content (AvgIpc) is 2.66. The zero-order chi connectivity index (χ0) is 11.7. The van der Waals surface area contributed by atoms with Crippen molar-refractivity contribution in [1.29, 1.82) is 0 Å². The molecule has 0 bridgehead atoms. The fraction of sp³-hybridized carbons (Fsp3) is 1.00. The molecule has 17 heavy (non-hydrogen) atoms. The van der Waals surface area contributed by atoms with Gasteiger partial charge in [0.2, 0.25) is 0 Å². The highest BCUT2D eigenvalue weighted by atomic mass is 15.3. The summed E-state index contributed by atoms with van der Waals surface area (Å²) in [6, 6.07) is 1.74. The Labute approximate surface area is 106 Å². The molecule has 3 fully saturated rings. The maximum Gasteiger partial charge on any atom is 0.0264 e. The Morgan fingerprint density at radius 3 is 2.76 bits per heavy atom. The number of nitrogens with zero attached hydrogens (tertiary/aromatic N) is 2. The van der Waals surface area contributed by atoms with E-state index in [1.807, 2.05) is 0 Å². The number of hydrogen-bond donors (Lipinski definition) is 1. The second-order valence-electron chi connectivity index (χ2n) is 6.26. The molecule has 0 aromatic heterocycles. The van der Waals surface area contributed by atoms with Gasteiger partial charge in [-0.15, -0.1) is 0 Å². The number of nitrogens with one attached hydrogen (secondary N) is 1. The molecule has 1 N–H and O–H groups in total. The molecular formula is C14H27N3. The molecule has 0 aromatic carbocycles. The molecule has 3 unspecified atom stereocenters. The van der Waals surface area contributed by atoms with Crippen LogP contribution in [0.2, 0.25) is 0 Å². The molecule has 3 nitrogen and oxygen atoms in total. The Kier molecular flexibility index (Phi) is 3.69. The third-order valence-corrected chi connectivity index (χ3v) is 4.90. The van der Waals surface area contributed by atoms with E-state index in [9.17, 15) is 0 Å². The summed E-state index contributed by atoms with van der Waals surface area (Å²) in [4.78, 5) is 5.55. The van der Waals surface area contributed by atoms with Crippen molar-refractivity contribution in [3.05, 3.63) is 0 Å². The van der Waals surface area contributed by atoms with Crippen molar-refractivity contribution in [1.82, 2.24) is 15.1 Å². The second-order valence-corrected chi connectivity index (χ2v) is 6.26. The van der Waals surface area contributed by atoms with Gasteiger partial charge < -0.3 is 5.32 Å². The molecule has 0 spiro atoms. The third-order valence-electron chi connectivity index (χ3n) is 4.90. The fourth-order valence-corrected chi connectivity index (χ4v) is 4.08. The Morgan fingerprint density at radius 1 is 0.941 bits per heavy atom. The monoisotopic (exact) mass is 237 g/mol. The van der Waals surface area contributed by atoms with Gasteiger partial charge in [-0.25, -0.2) is 0 Å². The highest BCUT2D eigenvalue weighted by Gasteiger charge is 2.38. The van der Waals surface area contributed by atoms with E-state index in [2.05, 4.69) is 22.0 Å². The van der Waals surface area contributed by atoms with Crippen molar-refractivity contribution < 1.29 is 0 Å². The standard InChI is InChI=1S/C14H27N3/c1-12-10-15-6-9-17(11-12)14-5-8-16-7-3-2-4-13(14)16/h12-15H,2-11H2,1H3. The fourth-order valence-electron chi connectivity index (χ4n) is 4.08. The van der Waals surface area contributed by atoms with Crippen molar-refractivity contribution in [2.24, 2.45) is 5.92 Å². The van der Waals surface area contributed by atoms with Gasteiger partial charge in [-0.3, -0.25) is 9.80 Å². The van der Waals surface area contributed by atoms with Gasteiger partial charge in [0, 0.05) is 38.3 Å². The molecule has 3 rings (SSSR count). The van der Waals surface area contributed by atoms with Gasteiger partial charge in [0.1, 0.15) is 0 Å². The second kappa shape index (κ2) is 5.25. The van der Waals surface area contributed by atoms with Crippen LogP contribution in [0, 0.1) is 5.92 Å². The molecule has 0 amide bonds. The first-order valence-corrected chi connectivity index (χ1v) is 7.53. The first-order valence-electron chi connectivity index (χ1n) is 7.53. The van der Waals surface area contributed by atoms with Gasteiger partial charge in [0.05, 0.1) is 0 Å². The van der Waals surface area contributed by atoms with E-state index in [4.69, 9.17) is 0 Å². The minimum absolute atomic E-state index is 0.815. The summed E-state index contributed by atoms with van der Waals surface area (Å²) in [5.41, 5.74) is 0. The molecule has 0 aromatic rings. The quantitative estimate of drug-likeness (QED) is 0.738. The van der Waals surface area contributed by atoms with Crippen LogP contribution in [0.4, 0.5) is 0 Å². The van der Waals surface area contributed by atoms with Crippen LogP contribution < -0.4 is 5.32 Å². The smallest absolute Gasteiger partial charge is 0.0264 e. The normalized spacial score (nSPS) is 41.1. The third kappa shape index (κ3) is 2.51. The van der Waals surface area contributed by atoms with E-state index in [1.165, 1.54) is 65.0 Å². The molecule has 3 heterocycles. The summed E-state index contributed by atoms with van der Waals surface area (Å²) >= 11 is 0. The van der Waals surface area contributed by atoms with Crippen LogP contribution >= 0.6 is 0 Å². The SMILES string of the molecule is CC1CNCCN(C2CCN3CCCCC23)C1. The Hall–Kier alpha value is -0.120. The van der Waals surface area contributed by atoms with Gasteiger partial charge in [-0.2, -0.15) is 0 Å². The van der Waals surface area contributed by atoms with E-state index in [0.29, 0.717) is 0 Å². The van der Waals surface area contributed by atoms with Gasteiger partial charge in [-0.05, 0) is 38.3 Å². The van der Waals surface area contributed by atoms with Crippen LogP contribution in [0.15, 0.2) is 0 Å². The van der Waals surface area contributed by atoms with E-state index in [-0.39, 0.29) is 0 Å². The average molecular weight is 237 g/mol. The van der Waals surface area contributed by atoms with Gasteiger partial charge in [0.15, 0.2) is 0 Å². The molecule has 0 aliphatic carbocycles. The van der Waals surface area contributed by atoms with Crippen molar-refractivity contribution in [3.63, 3.8) is 0 Å². The summed E-state index contributed by atoms with van der Waals surface area (Å²) in [5, 5.41) is 3.57. The first kappa shape index (κ1) is 11.9. The highest BCUT2D eigenvalue weighted by molar-refractivity contribution is 4.96. The molecule has 98 valence electrons. The van der Waals surface area contributed by atoms with Crippen molar-refractivity contribution in [2.75, 3.05) is 39.3 Å². The Bertz CT molecular complexity index is 256. The van der Waals surface area contributed by atoms with Crippen LogP contribution in [0.3, 0.4) is 0 Å². The van der Waals surface area contributed by atoms with Crippen LogP contribution in [-0.2, 0) is 0 Å². The number of hydrogen-bond acceptors (Lipinski definition) is 3. The Balaban J connectivity index is 1.66. The van der Waals surface area contributed by atoms with Crippen molar-refractivity contribution in [3.8, 4) is 0 Å². The van der Waals surface area contributed by atoms with E-state index in [0.717, 1.165) is 18.0 Å². The van der Waals surface area contributed by atoms with E-state index in [1.54, 1.807) is 0 Å². The highest BCUT2D eigenvalue weighted by Crippen LogP contribution is 2.30. The summed E-state index contributed by atoms with van der Waals surface area (Å²) in [5.74, 6) is 0.815. The number of piperidine rings is 1. The molecule has 0 radical (unpaired) electrons. The maximum atomic E-state index is 3.57. The largest absolute Gasteiger partial charge is 0.315 e. The van der Waals surface area contributed by atoms with Crippen molar-refractivity contribution >= 4 is 0 Å². The van der Waals surface area contributed by atoms with Gasteiger partial charge in [-0.1, -0.05) is 13.3 Å². The lowest BCUT2D eigenvalue weighted by Crippen LogP contribution is -2.48. The van der Waals surface area contributed by atoms with Crippen LogP contribution in [-0.4, -0.2) is 61.2 Å². The van der Waals surface area contributed by atoms with Crippen LogP contribution in [0.5, 0.6) is 0 Å². The molecule has 3 aliphatic heterocycles. The summed E-state index contributed by atoms with van der Waals surface area (Å²) in [6.45, 7) is 10.1. The molecule has 0 saturated carbocycles. The lowest BCUT2D eigenvalue weighted by Gasteiger charge is -2.38. The van der Waals surface area contributed by atoms with Gasteiger partial charge in [0.25, 0.3) is 0 Å². The minimum atomic E-state index is 0.815. The summed E-state index contributed by atoms with van der Waals surface area (Å²) in [6.07, 6.45) is 5.75. The van der Waals surface area contributed by atoms with E-state index >= 15 is 0 Å². The van der Waals surface area contributed by atoms with E-state index < -0.39 is 0 Å². The zero-order valence-electron chi connectivity index (χ0n) is 11.2. The predicted molar refractivity (Wildman–Crippen MR) is 71.2 cm³/mol. The summed E-state index contributed by atoms with van der Waals surface area (Å²) < 4.78 is 0. The molecule has 3 atom stereocenters. The topological polar surface area (TPSA) is 18.5 Å². The maximum absolute atomic E-state index is 3.57. The number of fused-ring (bicyclic) bond motifs is 1. The molecule has 3 heteroatoms. The van der Waals surface area contributed by atoms with Crippen LogP contribution in [0.1, 0.15) is 32.6 Å². The first-order chi connectivity index (χ1) is 8.34. The zero-order valence-corrected chi connectivity index (χ0v) is 11.2. The predicted octanol–water partition coefficient (Wildman–Crippen LogP) is 1.15. The van der Waals surface area contributed by atoms with Gasteiger partial charge >= 0.3 is 0 Å². The lowest BCUT2D eigenvalue weighted by atomic mass is 9.97. The van der Waals surface area contributed by atoms with Crippen LogP contribution in [0.25, 0.3) is 0 Å². The summed E-state index contributed by atoms with van der Waals surface area (Å²) in [7, 11) is 0. The minimum Gasteiger partial charge on any atom is -0.315 e. The lowest BCUT2D eigenvalue weighted by molar-refractivity contribution is 0.111. The molecule has 3 aliphatic rings. The molecule has 3 saturated heterocycles. The number of rotatable bonds is 1.